The maximum absolute atomic E-state index is 13.3. The molecule has 0 radical (unpaired) electrons. The van der Waals surface area contributed by atoms with Crippen LogP contribution in [0.2, 0.25) is 0 Å². The smallest absolute Gasteiger partial charge is 0.223 e. The highest BCUT2D eigenvalue weighted by molar-refractivity contribution is 5.88. The molecule has 5 rings (SSSR count). The Morgan fingerprint density at radius 1 is 1.11 bits per heavy atom. The second-order valence-electron chi connectivity index (χ2n) is 8.16. The number of rotatable bonds is 4. The molecular weight excluding hydrogens is 348 g/mol. The number of hydrogen-bond acceptors (Lipinski definition) is 2. The van der Waals surface area contributed by atoms with Crippen molar-refractivity contribution in [3.63, 3.8) is 0 Å². The fourth-order valence-electron chi connectivity index (χ4n) is 5.61. The average molecular weight is 374 g/mol. The first-order valence-corrected chi connectivity index (χ1v) is 10.3. The number of aromatic nitrogens is 1. The van der Waals surface area contributed by atoms with Crippen molar-refractivity contribution in [3.8, 4) is 0 Å². The summed E-state index contributed by atoms with van der Waals surface area (Å²) < 4.78 is 0. The molecule has 1 fully saturated rings. The Hall–Kier alpha value is -2.59. The summed E-state index contributed by atoms with van der Waals surface area (Å²) in [5.41, 5.74) is 4.67. The first-order chi connectivity index (χ1) is 13.7. The number of aromatic amines is 1. The third kappa shape index (κ3) is 2.51. The molecule has 3 aromatic rings. The van der Waals surface area contributed by atoms with Crippen molar-refractivity contribution in [1.82, 2.24) is 9.88 Å². The minimum Gasteiger partial charge on any atom is -0.394 e. The standard InChI is InChI=1S/C24H26N2O2/c1-2-17-16-12-20-23(18-10-6-7-11-19(18)25-20)24(17)26(22(28)13-16)21(14-27)15-8-4-3-5-9-15/h3-11,16-17,21,24-25,27H,2,12-14H2,1H3/t16-,17?,21-,24+/m0/s1. The van der Waals surface area contributed by atoms with E-state index in [4.69, 9.17) is 0 Å². The van der Waals surface area contributed by atoms with Crippen LogP contribution >= 0.6 is 0 Å². The van der Waals surface area contributed by atoms with Gasteiger partial charge in [-0.05, 0) is 29.9 Å². The largest absolute Gasteiger partial charge is 0.394 e. The van der Waals surface area contributed by atoms with Crippen molar-refractivity contribution in [2.45, 2.75) is 38.3 Å². The van der Waals surface area contributed by atoms with Gasteiger partial charge in [0, 0.05) is 28.6 Å². The molecule has 144 valence electrons. The summed E-state index contributed by atoms with van der Waals surface area (Å²) in [7, 11) is 0. The van der Waals surface area contributed by atoms with E-state index >= 15 is 0 Å². The maximum atomic E-state index is 13.3. The summed E-state index contributed by atoms with van der Waals surface area (Å²) >= 11 is 0. The highest BCUT2D eigenvalue weighted by Gasteiger charge is 2.49. The van der Waals surface area contributed by atoms with E-state index in [1.54, 1.807) is 0 Å². The minimum atomic E-state index is -0.312. The summed E-state index contributed by atoms with van der Waals surface area (Å²) in [6, 6.07) is 18.0. The van der Waals surface area contributed by atoms with Gasteiger partial charge in [-0.1, -0.05) is 61.9 Å². The molecule has 4 nitrogen and oxygen atoms in total. The number of piperidine rings is 1. The van der Waals surface area contributed by atoms with E-state index in [-0.39, 0.29) is 24.6 Å². The van der Waals surface area contributed by atoms with E-state index < -0.39 is 0 Å². The summed E-state index contributed by atoms with van der Waals surface area (Å²) in [4.78, 5) is 18.9. The fraction of sp³-hybridized carbons (Fsp3) is 0.375. The number of carbonyl (C=O) groups excluding carboxylic acids is 1. The van der Waals surface area contributed by atoms with Crippen molar-refractivity contribution >= 4 is 16.8 Å². The Kier molecular flexibility index (Phi) is 4.24. The number of para-hydroxylation sites is 1. The Morgan fingerprint density at radius 3 is 2.61 bits per heavy atom. The van der Waals surface area contributed by atoms with Crippen LogP contribution in [0.4, 0.5) is 0 Å². The molecule has 2 aromatic carbocycles. The number of amides is 1. The van der Waals surface area contributed by atoms with Crippen LogP contribution in [0.5, 0.6) is 0 Å². The van der Waals surface area contributed by atoms with Gasteiger partial charge in [-0.2, -0.15) is 0 Å². The lowest BCUT2D eigenvalue weighted by Gasteiger charge is -2.51. The minimum absolute atomic E-state index is 0.00788. The molecule has 2 aliphatic rings. The van der Waals surface area contributed by atoms with Crippen LogP contribution in [-0.4, -0.2) is 27.5 Å². The molecule has 4 heteroatoms. The van der Waals surface area contributed by atoms with E-state index in [1.165, 1.54) is 16.6 Å². The van der Waals surface area contributed by atoms with Gasteiger partial charge >= 0.3 is 0 Å². The highest BCUT2D eigenvalue weighted by atomic mass is 16.3. The van der Waals surface area contributed by atoms with Gasteiger partial charge in [-0.15, -0.1) is 0 Å². The topological polar surface area (TPSA) is 56.3 Å². The molecule has 0 saturated carbocycles. The lowest BCUT2D eigenvalue weighted by Crippen LogP contribution is -2.51. The van der Waals surface area contributed by atoms with E-state index in [0.29, 0.717) is 18.3 Å². The molecule has 1 unspecified atom stereocenters. The van der Waals surface area contributed by atoms with Crippen LogP contribution in [-0.2, 0) is 11.2 Å². The van der Waals surface area contributed by atoms with Crippen LogP contribution in [0.15, 0.2) is 54.6 Å². The van der Waals surface area contributed by atoms with Crippen LogP contribution in [0.3, 0.4) is 0 Å². The molecule has 2 heterocycles. The van der Waals surface area contributed by atoms with Gasteiger partial charge in [-0.3, -0.25) is 4.79 Å². The summed E-state index contributed by atoms with van der Waals surface area (Å²) in [5, 5.41) is 11.5. The monoisotopic (exact) mass is 374 g/mol. The van der Waals surface area contributed by atoms with E-state index in [2.05, 4.69) is 36.2 Å². The summed E-state index contributed by atoms with van der Waals surface area (Å²) in [5.74, 6) is 0.954. The first kappa shape index (κ1) is 17.5. The van der Waals surface area contributed by atoms with Crippen LogP contribution in [0.25, 0.3) is 10.9 Å². The normalized spacial score (nSPS) is 25.0. The predicted octanol–water partition coefficient (Wildman–Crippen LogP) is 4.37. The number of aliphatic hydroxyl groups excluding tert-OH is 1. The fourth-order valence-corrected chi connectivity index (χ4v) is 5.61. The number of nitrogens with one attached hydrogen (secondary N) is 1. The van der Waals surface area contributed by atoms with E-state index in [1.807, 2.05) is 35.2 Å². The lowest BCUT2D eigenvalue weighted by atomic mass is 9.67. The number of hydrogen-bond donors (Lipinski definition) is 2. The third-order valence-corrected chi connectivity index (χ3v) is 6.79. The molecule has 0 spiro atoms. The molecule has 1 aliphatic carbocycles. The lowest BCUT2D eigenvalue weighted by molar-refractivity contribution is -0.149. The van der Waals surface area contributed by atoms with Crippen molar-refractivity contribution in [1.29, 1.82) is 0 Å². The van der Waals surface area contributed by atoms with Crippen molar-refractivity contribution in [2.24, 2.45) is 11.8 Å². The van der Waals surface area contributed by atoms with Crippen molar-refractivity contribution in [3.05, 3.63) is 71.4 Å². The second-order valence-corrected chi connectivity index (χ2v) is 8.16. The molecule has 2 bridgehead atoms. The Bertz CT molecular complexity index is 1010. The van der Waals surface area contributed by atoms with Gasteiger partial charge in [0.05, 0.1) is 18.7 Å². The number of nitrogens with zero attached hydrogens (tertiary/aromatic N) is 1. The zero-order valence-electron chi connectivity index (χ0n) is 16.1. The molecule has 28 heavy (non-hydrogen) atoms. The number of likely N-dealkylation sites (tertiary alicyclic amines) is 1. The second kappa shape index (κ2) is 6.78. The number of carbonyl (C=O) groups is 1. The van der Waals surface area contributed by atoms with Gasteiger partial charge in [0.1, 0.15) is 0 Å². The van der Waals surface area contributed by atoms with Gasteiger partial charge in [0.15, 0.2) is 0 Å². The van der Waals surface area contributed by atoms with Crippen LogP contribution < -0.4 is 0 Å². The highest BCUT2D eigenvalue weighted by Crippen LogP contribution is 2.52. The molecule has 1 saturated heterocycles. The SMILES string of the molecule is CCC1[C@@H]2CC(=O)N([C@@H](CO)c3ccccc3)[C@H]1c1c([nH]c3ccccc13)C2. The van der Waals surface area contributed by atoms with E-state index in [9.17, 15) is 9.90 Å². The van der Waals surface area contributed by atoms with Gasteiger partial charge in [0.25, 0.3) is 0 Å². The van der Waals surface area contributed by atoms with Gasteiger partial charge in [-0.25, -0.2) is 0 Å². The third-order valence-electron chi connectivity index (χ3n) is 6.79. The average Bonchev–Trinajstić information content (AvgIpc) is 3.08. The van der Waals surface area contributed by atoms with Crippen molar-refractivity contribution < 1.29 is 9.90 Å². The molecule has 1 amide bonds. The Morgan fingerprint density at radius 2 is 1.86 bits per heavy atom. The molecule has 1 aliphatic heterocycles. The predicted molar refractivity (Wildman–Crippen MR) is 110 cm³/mol. The number of H-pyrrole nitrogens is 1. The van der Waals surface area contributed by atoms with Crippen LogP contribution in [0, 0.1) is 11.8 Å². The molecule has 4 atom stereocenters. The molecule has 1 aromatic heterocycles. The zero-order chi connectivity index (χ0) is 19.3. The van der Waals surface area contributed by atoms with Gasteiger partial charge in [0.2, 0.25) is 5.91 Å². The van der Waals surface area contributed by atoms with E-state index in [0.717, 1.165) is 23.9 Å². The quantitative estimate of drug-likeness (QED) is 0.712. The number of benzene rings is 2. The zero-order valence-corrected chi connectivity index (χ0v) is 16.1. The molecular formula is C24H26N2O2. The van der Waals surface area contributed by atoms with Gasteiger partial charge < -0.3 is 15.0 Å². The van der Waals surface area contributed by atoms with Crippen molar-refractivity contribution in [2.75, 3.05) is 6.61 Å². The Balaban J connectivity index is 1.70. The van der Waals surface area contributed by atoms with Crippen LogP contribution in [0.1, 0.15) is 48.7 Å². The summed E-state index contributed by atoms with van der Waals surface area (Å²) in [6.07, 6.45) is 2.53. The first-order valence-electron chi connectivity index (χ1n) is 10.3. The number of fused-ring (bicyclic) bond motifs is 6. The number of aliphatic hydroxyl groups is 1. The Labute approximate surface area is 165 Å². The summed E-state index contributed by atoms with van der Waals surface area (Å²) in [6.45, 7) is 2.17. The molecule has 2 N–H and O–H groups in total. The maximum Gasteiger partial charge on any atom is 0.223 e.